The summed E-state index contributed by atoms with van der Waals surface area (Å²) in [6.07, 6.45) is 4.04. The molecule has 10 heteroatoms. The highest BCUT2D eigenvalue weighted by Gasteiger charge is 2.40. The lowest BCUT2D eigenvalue weighted by atomic mass is 10.2. The van der Waals surface area contributed by atoms with E-state index in [0.717, 1.165) is 43.0 Å². The molecule has 0 bridgehead atoms. The lowest BCUT2D eigenvalue weighted by Gasteiger charge is -2.34. The number of fused-ring (bicyclic) bond motifs is 1. The first kappa shape index (κ1) is 18.6. The number of nitrogens with zero attached hydrogens (tertiary/aromatic N) is 5. The third-order valence-electron chi connectivity index (χ3n) is 5.07. The predicted molar refractivity (Wildman–Crippen MR) is 104 cm³/mol. The molecule has 1 fully saturated rings. The summed E-state index contributed by atoms with van der Waals surface area (Å²) in [5.74, 6) is 0.258. The van der Waals surface area contributed by atoms with Crippen molar-refractivity contribution in [3.8, 4) is 0 Å². The Labute approximate surface area is 163 Å². The van der Waals surface area contributed by atoms with Crippen LogP contribution in [0.5, 0.6) is 0 Å². The second kappa shape index (κ2) is 7.36. The van der Waals surface area contributed by atoms with Crippen LogP contribution in [0.2, 0.25) is 0 Å². The molecule has 0 saturated carbocycles. The van der Waals surface area contributed by atoms with E-state index < -0.39 is 15.9 Å². The number of amides is 1. The largest absolute Gasteiger partial charge is 0.399 e. The molecule has 148 valence electrons. The topological polar surface area (TPSA) is 113 Å². The van der Waals surface area contributed by atoms with Crippen LogP contribution in [0.1, 0.15) is 16.8 Å². The van der Waals surface area contributed by atoms with Crippen LogP contribution in [-0.4, -0.2) is 72.8 Å². The monoisotopic (exact) mass is 402 g/mol. The quantitative estimate of drug-likeness (QED) is 0.716. The second-order valence-corrected chi connectivity index (χ2v) is 8.70. The molecule has 0 unspecified atom stereocenters. The fourth-order valence-corrected chi connectivity index (χ4v) is 5.22. The van der Waals surface area contributed by atoms with Gasteiger partial charge in [0.1, 0.15) is 4.90 Å². The fourth-order valence-electron chi connectivity index (χ4n) is 3.58. The maximum atomic E-state index is 12.6. The van der Waals surface area contributed by atoms with Crippen LogP contribution in [0.4, 0.5) is 11.6 Å². The van der Waals surface area contributed by atoms with Gasteiger partial charge in [-0.2, -0.15) is 0 Å². The predicted octanol–water partition coefficient (Wildman–Crippen LogP) is 0.416. The normalized spacial score (nSPS) is 19.1. The van der Waals surface area contributed by atoms with Crippen molar-refractivity contribution in [2.24, 2.45) is 0 Å². The molecule has 1 saturated heterocycles. The third kappa shape index (κ3) is 3.40. The zero-order valence-electron chi connectivity index (χ0n) is 15.4. The van der Waals surface area contributed by atoms with E-state index in [9.17, 15) is 13.2 Å². The number of benzene rings is 1. The molecular formula is C18H22N6O3S. The Hall–Kier alpha value is -2.72. The minimum absolute atomic E-state index is 0.00831. The Bertz CT molecular complexity index is 974. The van der Waals surface area contributed by atoms with E-state index >= 15 is 0 Å². The Balaban J connectivity index is 1.31. The van der Waals surface area contributed by atoms with E-state index in [2.05, 4.69) is 19.8 Å². The van der Waals surface area contributed by atoms with E-state index in [1.165, 1.54) is 12.1 Å². The Morgan fingerprint density at radius 3 is 2.46 bits per heavy atom. The molecule has 9 nitrogen and oxygen atoms in total. The number of rotatable bonds is 5. The van der Waals surface area contributed by atoms with Gasteiger partial charge in [0.2, 0.25) is 5.95 Å². The minimum Gasteiger partial charge on any atom is -0.399 e. The van der Waals surface area contributed by atoms with Gasteiger partial charge in [-0.1, -0.05) is 0 Å². The highest BCUT2D eigenvalue weighted by molar-refractivity contribution is 7.90. The van der Waals surface area contributed by atoms with E-state index in [1.807, 2.05) is 0 Å². The maximum absolute atomic E-state index is 12.6. The average molecular weight is 402 g/mol. The fraction of sp³-hybridized carbons (Fsp3) is 0.389. The summed E-state index contributed by atoms with van der Waals surface area (Å²) in [4.78, 5) is 25.4. The molecule has 1 aromatic carbocycles. The van der Waals surface area contributed by atoms with Crippen molar-refractivity contribution in [2.75, 3.05) is 49.9 Å². The van der Waals surface area contributed by atoms with Crippen LogP contribution in [-0.2, 0) is 10.0 Å². The number of aromatic nitrogens is 2. The van der Waals surface area contributed by atoms with Crippen molar-refractivity contribution in [3.63, 3.8) is 0 Å². The summed E-state index contributed by atoms with van der Waals surface area (Å²) in [7, 11) is -3.81. The van der Waals surface area contributed by atoms with Gasteiger partial charge >= 0.3 is 0 Å². The van der Waals surface area contributed by atoms with Gasteiger partial charge in [-0.05, 0) is 30.7 Å². The number of hydrogen-bond donors (Lipinski definition) is 1. The van der Waals surface area contributed by atoms with E-state index in [4.69, 9.17) is 5.73 Å². The number of sulfonamides is 1. The molecule has 0 aliphatic carbocycles. The van der Waals surface area contributed by atoms with Gasteiger partial charge in [-0.3, -0.25) is 9.69 Å². The third-order valence-corrected chi connectivity index (χ3v) is 6.90. The molecule has 0 spiro atoms. The van der Waals surface area contributed by atoms with Gasteiger partial charge in [0.05, 0.1) is 5.56 Å². The first-order chi connectivity index (χ1) is 13.5. The Morgan fingerprint density at radius 2 is 1.75 bits per heavy atom. The van der Waals surface area contributed by atoms with Crippen LogP contribution in [0, 0.1) is 0 Å². The molecule has 4 rings (SSSR count). The first-order valence-corrected chi connectivity index (χ1v) is 10.6. The lowest BCUT2D eigenvalue weighted by molar-refractivity contribution is 0.0866. The van der Waals surface area contributed by atoms with Crippen LogP contribution in [0.3, 0.4) is 0 Å². The van der Waals surface area contributed by atoms with Crippen molar-refractivity contribution in [1.29, 1.82) is 0 Å². The highest BCUT2D eigenvalue weighted by Crippen LogP contribution is 2.31. The van der Waals surface area contributed by atoms with Gasteiger partial charge in [0.15, 0.2) is 0 Å². The summed E-state index contributed by atoms with van der Waals surface area (Å²) >= 11 is 0. The smallest absolute Gasteiger partial charge is 0.269 e. The number of carbonyl (C=O) groups is 1. The number of carbonyl (C=O) groups excluding carboxylic acids is 1. The number of anilines is 2. The number of nitrogen functional groups attached to an aromatic ring is 1. The van der Waals surface area contributed by atoms with Crippen molar-refractivity contribution < 1.29 is 13.2 Å². The summed E-state index contributed by atoms with van der Waals surface area (Å²) in [5.41, 5.74) is 6.21. The molecule has 2 aliphatic rings. The number of nitrogens with two attached hydrogens (primary N) is 1. The number of hydrogen-bond acceptors (Lipinski definition) is 8. The Kier molecular flexibility index (Phi) is 4.90. The van der Waals surface area contributed by atoms with Crippen LogP contribution < -0.4 is 10.6 Å². The van der Waals surface area contributed by atoms with Gasteiger partial charge < -0.3 is 10.6 Å². The van der Waals surface area contributed by atoms with Gasteiger partial charge in [-0.15, -0.1) is 0 Å². The van der Waals surface area contributed by atoms with Crippen molar-refractivity contribution in [1.82, 2.24) is 19.2 Å². The molecule has 1 amide bonds. The summed E-state index contributed by atoms with van der Waals surface area (Å²) in [5, 5.41) is 0. The Morgan fingerprint density at radius 1 is 1.04 bits per heavy atom. The molecule has 1 aromatic heterocycles. The van der Waals surface area contributed by atoms with Crippen LogP contribution >= 0.6 is 0 Å². The number of piperazine rings is 1. The van der Waals surface area contributed by atoms with Crippen molar-refractivity contribution in [2.45, 2.75) is 11.3 Å². The standard InChI is InChI=1S/C18H22N6O3S/c19-14-3-4-15-16(13-14)28(26,27)24(17(15)25)8-2-7-22-9-11-23(12-10-22)18-20-5-1-6-21-18/h1,3-6,13H,2,7-12,19H2. The van der Waals surface area contributed by atoms with Gasteiger partial charge in [0.25, 0.3) is 15.9 Å². The second-order valence-electron chi connectivity index (χ2n) is 6.87. The molecule has 2 aromatic rings. The molecule has 0 atom stereocenters. The SMILES string of the molecule is Nc1ccc2c(c1)S(=O)(=O)N(CCCN1CCN(c3ncccn3)CC1)C2=O. The van der Waals surface area contributed by atoms with Gasteiger partial charge in [0, 0.05) is 57.3 Å². The first-order valence-electron chi connectivity index (χ1n) is 9.18. The van der Waals surface area contributed by atoms with Gasteiger partial charge in [-0.25, -0.2) is 22.7 Å². The zero-order chi connectivity index (χ0) is 19.7. The minimum atomic E-state index is -3.81. The maximum Gasteiger partial charge on any atom is 0.269 e. The molecule has 28 heavy (non-hydrogen) atoms. The van der Waals surface area contributed by atoms with Crippen LogP contribution in [0.25, 0.3) is 0 Å². The molecule has 2 N–H and O–H groups in total. The molecular weight excluding hydrogens is 380 g/mol. The summed E-state index contributed by atoms with van der Waals surface area (Å²) in [6, 6.07) is 6.18. The molecule has 3 heterocycles. The highest BCUT2D eigenvalue weighted by atomic mass is 32.2. The molecule has 0 radical (unpaired) electrons. The van der Waals surface area contributed by atoms with Crippen LogP contribution in [0.15, 0.2) is 41.6 Å². The lowest BCUT2D eigenvalue weighted by Crippen LogP contribution is -2.47. The summed E-state index contributed by atoms with van der Waals surface area (Å²) in [6.45, 7) is 4.20. The molecule has 2 aliphatic heterocycles. The van der Waals surface area contributed by atoms with Crippen molar-refractivity contribution in [3.05, 3.63) is 42.2 Å². The van der Waals surface area contributed by atoms with Crippen molar-refractivity contribution >= 4 is 27.6 Å². The summed E-state index contributed by atoms with van der Waals surface area (Å²) < 4.78 is 26.3. The van der Waals surface area contributed by atoms with E-state index in [1.54, 1.807) is 24.5 Å². The zero-order valence-corrected chi connectivity index (χ0v) is 16.2. The average Bonchev–Trinajstić information content (AvgIpc) is 2.89. The van der Waals surface area contributed by atoms with E-state index in [0.29, 0.717) is 12.1 Å². The van der Waals surface area contributed by atoms with E-state index in [-0.39, 0.29) is 17.0 Å².